The summed E-state index contributed by atoms with van der Waals surface area (Å²) < 4.78 is 3.50. The van der Waals surface area contributed by atoms with E-state index in [2.05, 4.69) is 5.10 Å². The highest BCUT2D eigenvalue weighted by atomic mass is 32.1. The molecule has 0 bridgehead atoms. The van der Waals surface area contributed by atoms with Crippen molar-refractivity contribution in [1.82, 2.24) is 14.7 Å². The van der Waals surface area contributed by atoms with Crippen molar-refractivity contribution in [1.29, 1.82) is 0 Å². The van der Waals surface area contributed by atoms with Gasteiger partial charge in [0.15, 0.2) is 0 Å². The molecular formula is C21H24N4O3S. The van der Waals surface area contributed by atoms with Crippen LogP contribution in [0.25, 0.3) is 20.2 Å². The number of carbonyl (C=O) groups is 2. The molecule has 7 nitrogen and oxygen atoms in total. The van der Waals surface area contributed by atoms with Crippen molar-refractivity contribution in [2.24, 2.45) is 11.7 Å². The number of aromatic nitrogens is 2. The third kappa shape index (κ3) is 3.76. The summed E-state index contributed by atoms with van der Waals surface area (Å²) >= 11 is 1.59. The number of primary amides is 1. The topological polar surface area (TPSA) is 98.3 Å². The van der Waals surface area contributed by atoms with E-state index in [4.69, 9.17) is 5.73 Å². The summed E-state index contributed by atoms with van der Waals surface area (Å²) in [6.07, 6.45) is 2.16. The van der Waals surface area contributed by atoms with Gasteiger partial charge >= 0.3 is 0 Å². The normalized spacial score (nSPS) is 15.3. The van der Waals surface area contributed by atoms with Gasteiger partial charge in [0.25, 0.3) is 5.56 Å². The zero-order valence-corrected chi connectivity index (χ0v) is 17.2. The lowest BCUT2D eigenvalue weighted by molar-refractivity contribution is -0.135. The van der Waals surface area contributed by atoms with Crippen molar-refractivity contribution >= 4 is 43.3 Å². The van der Waals surface area contributed by atoms with Crippen LogP contribution >= 0.6 is 11.3 Å². The predicted octanol–water partition coefficient (Wildman–Crippen LogP) is 2.42. The number of piperidine rings is 1. The maximum atomic E-state index is 13.0. The fourth-order valence-electron chi connectivity index (χ4n) is 4.02. The molecule has 3 heterocycles. The molecule has 29 heavy (non-hydrogen) atoms. The van der Waals surface area contributed by atoms with Gasteiger partial charge in [0, 0.05) is 42.1 Å². The Morgan fingerprint density at radius 2 is 1.97 bits per heavy atom. The Bertz CT molecular complexity index is 1140. The number of hydrogen-bond acceptors (Lipinski definition) is 5. The van der Waals surface area contributed by atoms with Crippen LogP contribution in [0, 0.1) is 12.8 Å². The average Bonchev–Trinajstić information content (AvgIpc) is 3.12. The van der Waals surface area contributed by atoms with Crippen LogP contribution in [-0.4, -0.2) is 39.6 Å². The van der Waals surface area contributed by atoms with Crippen LogP contribution in [0.3, 0.4) is 0 Å². The van der Waals surface area contributed by atoms with Crippen LogP contribution in [0.2, 0.25) is 0 Å². The van der Waals surface area contributed by atoms with Gasteiger partial charge in [0.05, 0.1) is 15.8 Å². The number of nitrogens with two attached hydrogens (primary N) is 1. The van der Waals surface area contributed by atoms with E-state index < -0.39 is 0 Å². The van der Waals surface area contributed by atoms with Gasteiger partial charge in [-0.1, -0.05) is 18.2 Å². The fourth-order valence-corrected chi connectivity index (χ4v) is 5.15. The summed E-state index contributed by atoms with van der Waals surface area (Å²) in [5.41, 5.74) is 6.08. The van der Waals surface area contributed by atoms with Gasteiger partial charge in [0.1, 0.15) is 0 Å². The fraction of sp³-hybridized carbons (Fsp3) is 0.429. The number of likely N-dealkylation sites (tertiary alicyclic amines) is 1. The Morgan fingerprint density at radius 1 is 1.24 bits per heavy atom. The maximum Gasteiger partial charge on any atom is 0.276 e. The van der Waals surface area contributed by atoms with Crippen LogP contribution in [0.4, 0.5) is 0 Å². The van der Waals surface area contributed by atoms with E-state index in [-0.39, 0.29) is 23.3 Å². The van der Waals surface area contributed by atoms with Crippen LogP contribution in [-0.2, 0) is 16.1 Å². The summed E-state index contributed by atoms with van der Waals surface area (Å²) in [5.74, 6) is -0.356. The Morgan fingerprint density at radius 3 is 2.69 bits per heavy atom. The van der Waals surface area contributed by atoms with Crippen molar-refractivity contribution in [3.05, 3.63) is 40.3 Å². The lowest BCUT2D eigenvalue weighted by Gasteiger charge is -2.30. The molecule has 4 rings (SSSR count). The summed E-state index contributed by atoms with van der Waals surface area (Å²) in [4.78, 5) is 38.5. The number of carbonyl (C=O) groups excluding carboxylic acids is 2. The lowest BCUT2D eigenvalue weighted by atomic mass is 9.96. The molecule has 2 aromatic heterocycles. The minimum absolute atomic E-state index is 0.0553. The Kier molecular flexibility index (Phi) is 5.36. The molecular weight excluding hydrogens is 388 g/mol. The molecule has 0 saturated carbocycles. The first-order valence-electron chi connectivity index (χ1n) is 9.91. The first-order valence-corrected chi connectivity index (χ1v) is 10.7. The van der Waals surface area contributed by atoms with E-state index in [1.807, 2.05) is 31.2 Å². The Labute approximate surface area is 172 Å². The second-order valence-electron chi connectivity index (χ2n) is 7.58. The first kappa shape index (κ1) is 19.6. The van der Waals surface area contributed by atoms with Gasteiger partial charge in [-0.05, 0) is 32.3 Å². The number of hydrogen-bond donors (Lipinski definition) is 1. The second kappa shape index (κ2) is 7.94. The third-order valence-corrected chi connectivity index (χ3v) is 6.93. The van der Waals surface area contributed by atoms with E-state index in [1.54, 1.807) is 16.2 Å². The molecule has 1 aliphatic rings. The van der Waals surface area contributed by atoms with Gasteiger partial charge in [-0.2, -0.15) is 5.10 Å². The third-order valence-electron chi connectivity index (χ3n) is 5.65. The highest BCUT2D eigenvalue weighted by Crippen LogP contribution is 2.32. The minimum Gasteiger partial charge on any atom is -0.369 e. The van der Waals surface area contributed by atoms with Crippen LogP contribution in [0.15, 0.2) is 29.1 Å². The quantitative estimate of drug-likeness (QED) is 0.696. The van der Waals surface area contributed by atoms with Crippen molar-refractivity contribution in [3.63, 3.8) is 0 Å². The molecule has 152 valence electrons. The van der Waals surface area contributed by atoms with Gasteiger partial charge in [-0.3, -0.25) is 14.4 Å². The molecule has 2 N–H and O–H groups in total. The molecule has 0 atom stereocenters. The largest absolute Gasteiger partial charge is 0.369 e. The number of benzene rings is 1. The molecule has 1 aromatic carbocycles. The molecule has 0 radical (unpaired) electrons. The molecule has 3 aromatic rings. The molecule has 1 saturated heterocycles. The zero-order chi connectivity index (χ0) is 20.5. The number of nitrogens with zero attached hydrogens (tertiary/aromatic N) is 3. The molecule has 8 heteroatoms. The number of aryl methyl sites for hydroxylation is 2. The van der Waals surface area contributed by atoms with Gasteiger partial charge in [0.2, 0.25) is 11.8 Å². The Hall–Kier alpha value is -2.74. The van der Waals surface area contributed by atoms with Gasteiger partial charge < -0.3 is 10.6 Å². The van der Waals surface area contributed by atoms with Crippen molar-refractivity contribution in [2.75, 3.05) is 13.1 Å². The predicted molar refractivity (Wildman–Crippen MR) is 114 cm³/mol. The van der Waals surface area contributed by atoms with Crippen LogP contribution < -0.4 is 11.3 Å². The van der Waals surface area contributed by atoms with Crippen molar-refractivity contribution in [2.45, 2.75) is 39.2 Å². The van der Waals surface area contributed by atoms with Crippen molar-refractivity contribution in [3.8, 4) is 0 Å². The lowest BCUT2D eigenvalue weighted by Crippen LogP contribution is -2.41. The van der Waals surface area contributed by atoms with E-state index in [0.29, 0.717) is 45.3 Å². The Balaban J connectivity index is 1.44. The summed E-state index contributed by atoms with van der Waals surface area (Å²) in [6, 6.07) is 7.90. The maximum absolute atomic E-state index is 13.0. The van der Waals surface area contributed by atoms with Crippen molar-refractivity contribution < 1.29 is 9.59 Å². The number of rotatable bonds is 5. The molecule has 1 aliphatic heterocycles. The smallest absolute Gasteiger partial charge is 0.276 e. The summed E-state index contributed by atoms with van der Waals surface area (Å²) in [5, 5.41) is 6.16. The molecule has 1 fully saturated rings. The summed E-state index contributed by atoms with van der Waals surface area (Å²) in [7, 11) is 0. The number of fused-ring (bicyclic) bond motifs is 3. The number of thiophene rings is 1. The molecule has 0 unspecified atom stereocenters. The number of amides is 2. The van der Waals surface area contributed by atoms with E-state index in [9.17, 15) is 14.4 Å². The van der Waals surface area contributed by atoms with E-state index in [1.165, 1.54) is 4.68 Å². The summed E-state index contributed by atoms with van der Waals surface area (Å²) in [6.45, 7) is 3.46. The monoisotopic (exact) mass is 412 g/mol. The highest BCUT2D eigenvalue weighted by molar-refractivity contribution is 7.26. The average molecular weight is 413 g/mol. The van der Waals surface area contributed by atoms with Gasteiger partial charge in [-0.15, -0.1) is 11.3 Å². The van der Waals surface area contributed by atoms with E-state index >= 15 is 0 Å². The highest BCUT2D eigenvalue weighted by Gasteiger charge is 2.25. The molecule has 0 spiro atoms. The zero-order valence-electron chi connectivity index (χ0n) is 16.4. The van der Waals surface area contributed by atoms with E-state index in [0.717, 1.165) is 25.9 Å². The minimum atomic E-state index is -0.283. The molecule has 0 aliphatic carbocycles. The second-order valence-corrected chi connectivity index (χ2v) is 8.63. The van der Waals surface area contributed by atoms with Crippen LogP contribution in [0.1, 0.15) is 31.4 Å². The van der Waals surface area contributed by atoms with Crippen LogP contribution in [0.5, 0.6) is 0 Å². The standard InChI is InChI=1S/C21H24N4O3S/c1-13-19-18(15-5-2-3-6-16(15)29-19)21(28)25(23-13)10-4-7-17(26)24-11-8-14(9-12-24)20(22)27/h2-3,5-6,14H,4,7-12H2,1H3,(H2,22,27). The van der Waals surface area contributed by atoms with Gasteiger partial charge in [-0.25, -0.2) is 4.68 Å². The first-order chi connectivity index (χ1) is 14.0. The SMILES string of the molecule is Cc1nn(CCCC(=O)N2CCC(C(N)=O)CC2)c(=O)c2c1sc1ccccc12. The molecule has 2 amide bonds.